The molecule has 1 fully saturated rings. The first kappa shape index (κ1) is 22.1. The van der Waals surface area contributed by atoms with Crippen molar-refractivity contribution in [2.75, 3.05) is 26.8 Å². The Hall–Kier alpha value is -2.60. The van der Waals surface area contributed by atoms with E-state index in [4.69, 9.17) is 9.15 Å². The number of carbonyl (C=O) groups excluding carboxylic acids is 2. The topological polar surface area (TPSA) is 63.0 Å². The van der Waals surface area contributed by atoms with Crippen molar-refractivity contribution < 1.29 is 18.7 Å². The summed E-state index contributed by atoms with van der Waals surface area (Å²) in [6, 6.07) is 13.6. The normalized spacial score (nSPS) is 14.4. The SMILES string of the molecule is COCCN(CC(=O)N(Cc1ccccc1)Cc1ccco1)C(=O)C1CCCCC1. The van der Waals surface area contributed by atoms with Crippen molar-refractivity contribution in [3.8, 4) is 0 Å². The lowest BCUT2D eigenvalue weighted by Gasteiger charge is -2.31. The van der Waals surface area contributed by atoms with E-state index in [1.807, 2.05) is 42.5 Å². The minimum absolute atomic E-state index is 0.0241. The molecular weight excluding hydrogens is 380 g/mol. The number of carbonyl (C=O) groups is 2. The molecule has 0 atom stereocenters. The van der Waals surface area contributed by atoms with Gasteiger partial charge in [-0.2, -0.15) is 0 Å². The molecule has 162 valence electrons. The zero-order chi connectivity index (χ0) is 21.2. The fourth-order valence-corrected chi connectivity index (χ4v) is 3.97. The van der Waals surface area contributed by atoms with Gasteiger partial charge in [0.05, 0.1) is 26.0 Å². The Labute approximate surface area is 178 Å². The van der Waals surface area contributed by atoms with Gasteiger partial charge in [0.2, 0.25) is 11.8 Å². The Kier molecular flexibility index (Phi) is 8.51. The van der Waals surface area contributed by atoms with E-state index in [2.05, 4.69) is 0 Å². The second-order valence-electron chi connectivity index (χ2n) is 7.90. The average molecular weight is 413 g/mol. The van der Waals surface area contributed by atoms with Crippen molar-refractivity contribution in [3.63, 3.8) is 0 Å². The van der Waals surface area contributed by atoms with Crippen LogP contribution in [0.5, 0.6) is 0 Å². The van der Waals surface area contributed by atoms with Crippen molar-refractivity contribution >= 4 is 11.8 Å². The van der Waals surface area contributed by atoms with Crippen LogP contribution in [0.3, 0.4) is 0 Å². The van der Waals surface area contributed by atoms with E-state index in [0.29, 0.717) is 26.2 Å². The van der Waals surface area contributed by atoms with Gasteiger partial charge in [-0.1, -0.05) is 49.6 Å². The third-order valence-electron chi connectivity index (χ3n) is 5.65. The van der Waals surface area contributed by atoms with Crippen LogP contribution in [0, 0.1) is 5.92 Å². The van der Waals surface area contributed by atoms with E-state index < -0.39 is 0 Å². The lowest BCUT2D eigenvalue weighted by atomic mass is 9.88. The van der Waals surface area contributed by atoms with Crippen LogP contribution in [0.4, 0.5) is 0 Å². The molecule has 0 saturated heterocycles. The summed E-state index contributed by atoms with van der Waals surface area (Å²) in [5, 5.41) is 0. The maximum atomic E-state index is 13.3. The molecule has 2 amide bonds. The molecule has 0 N–H and O–H groups in total. The second-order valence-corrected chi connectivity index (χ2v) is 7.90. The molecule has 0 radical (unpaired) electrons. The molecule has 1 aliphatic rings. The molecule has 0 aliphatic heterocycles. The molecule has 2 aromatic rings. The molecule has 1 aromatic heterocycles. The maximum absolute atomic E-state index is 13.3. The lowest BCUT2D eigenvalue weighted by molar-refractivity contribution is -0.144. The van der Waals surface area contributed by atoms with Gasteiger partial charge in [0.15, 0.2) is 0 Å². The van der Waals surface area contributed by atoms with Crippen molar-refractivity contribution in [2.45, 2.75) is 45.2 Å². The molecule has 1 aromatic carbocycles. The average Bonchev–Trinajstić information content (AvgIpc) is 3.30. The highest BCUT2D eigenvalue weighted by Gasteiger charge is 2.28. The van der Waals surface area contributed by atoms with E-state index >= 15 is 0 Å². The van der Waals surface area contributed by atoms with Crippen LogP contribution in [-0.2, 0) is 27.4 Å². The summed E-state index contributed by atoms with van der Waals surface area (Å²) >= 11 is 0. The Balaban J connectivity index is 1.71. The number of nitrogens with zero attached hydrogens (tertiary/aromatic N) is 2. The van der Waals surface area contributed by atoms with Gasteiger partial charge < -0.3 is 19.0 Å². The largest absolute Gasteiger partial charge is 0.467 e. The van der Waals surface area contributed by atoms with Crippen molar-refractivity contribution in [3.05, 3.63) is 60.1 Å². The summed E-state index contributed by atoms with van der Waals surface area (Å²) in [6.45, 7) is 1.75. The van der Waals surface area contributed by atoms with Gasteiger partial charge in [-0.25, -0.2) is 0 Å². The molecule has 0 spiro atoms. The lowest BCUT2D eigenvalue weighted by Crippen LogP contribution is -2.46. The Bertz CT molecular complexity index is 770. The van der Waals surface area contributed by atoms with Crippen molar-refractivity contribution in [1.29, 1.82) is 0 Å². The number of ether oxygens (including phenoxy) is 1. The van der Waals surface area contributed by atoms with E-state index in [0.717, 1.165) is 37.0 Å². The summed E-state index contributed by atoms with van der Waals surface area (Å²) in [4.78, 5) is 29.8. The highest BCUT2D eigenvalue weighted by atomic mass is 16.5. The van der Waals surface area contributed by atoms with Crippen LogP contribution >= 0.6 is 0 Å². The predicted molar refractivity (Wildman–Crippen MR) is 114 cm³/mol. The van der Waals surface area contributed by atoms with Gasteiger partial charge in [-0.3, -0.25) is 9.59 Å². The zero-order valence-corrected chi connectivity index (χ0v) is 17.8. The van der Waals surface area contributed by atoms with Crippen molar-refractivity contribution in [2.24, 2.45) is 5.92 Å². The number of methoxy groups -OCH3 is 1. The minimum atomic E-state index is -0.0875. The molecule has 1 aliphatic carbocycles. The maximum Gasteiger partial charge on any atom is 0.242 e. The monoisotopic (exact) mass is 412 g/mol. The fraction of sp³-hybridized carbons (Fsp3) is 0.500. The van der Waals surface area contributed by atoms with Crippen LogP contribution in [0.25, 0.3) is 0 Å². The van der Waals surface area contributed by atoms with Gasteiger partial charge in [-0.15, -0.1) is 0 Å². The first-order valence-electron chi connectivity index (χ1n) is 10.8. The molecule has 0 unspecified atom stereocenters. The summed E-state index contributed by atoms with van der Waals surface area (Å²) in [5.74, 6) is 0.741. The molecule has 6 heteroatoms. The van der Waals surface area contributed by atoms with E-state index in [1.165, 1.54) is 6.42 Å². The Morgan fingerprint density at radius 1 is 1.00 bits per heavy atom. The molecule has 6 nitrogen and oxygen atoms in total. The van der Waals surface area contributed by atoms with Crippen LogP contribution in [0.1, 0.15) is 43.4 Å². The molecule has 0 bridgehead atoms. The predicted octanol–water partition coefficient (Wildman–Crippen LogP) is 3.86. The summed E-state index contributed by atoms with van der Waals surface area (Å²) in [5.41, 5.74) is 1.04. The molecule has 1 heterocycles. The third-order valence-corrected chi connectivity index (χ3v) is 5.65. The highest BCUT2D eigenvalue weighted by molar-refractivity contribution is 5.86. The Morgan fingerprint density at radius 2 is 1.77 bits per heavy atom. The number of rotatable bonds is 10. The van der Waals surface area contributed by atoms with Gasteiger partial charge >= 0.3 is 0 Å². The number of furan rings is 1. The van der Waals surface area contributed by atoms with E-state index in [1.54, 1.807) is 23.2 Å². The number of hydrogen-bond acceptors (Lipinski definition) is 4. The number of amides is 2. The highest BCUT2D eigenvalue weighted by Crippen LogP contribution is 2.25. The van der Waals surface area contributed by atoms with Crippen LogP contribution < -0.4 is 0 Å². The molecular formula is C24H32N2O4. The van der Waals surface area contributed by atoms with Crippen LogP contribution in [-0.4, -0.2) is 48.4 Å². The molecule has 3 rings (SSSR count). The van der Waals surface area contributed by atoms with E-state index in [9.17, 15) is 9.59 Å². The van der Waals surface area contributed by atoms with Crippen molar-refractivity contribution in [1.82, 2.24) is 9.80 Å². The first-order chi connectivity index (χ1) is 14.7. The van der Waals surface area contributed by atoms with Crippen LogP contribution in [0.2, 0.25) is 0 Å². The number of hydrogen-bond donors (Lipinski definition) is 0. The minimum Gasteiger partial charge on any atom is -0.467 e. The first-order valence-corrected chi connectivity index (χ1v) is 10.8. The van der Waals surface area contributed by atoms with Crippen LogP contribution in [0.15, 0.2) is 53.1 Å². The second kappa shape index (κ2) is 11.6. The Morgan fingerprint density at radius 3 is 2.43 bits per heavy atom. The molecule has 30 heavy (non-hydrogen) atoms. The fourth-order valence-electron chi connectivity index (χ4n) is 3.97. The van der Waals surface area contributed by atoms with E-state index in [-0.39, 0.29) is 24.3 Å². The van der Waals surface area contributed by atoms with Gasteiger partial charge in [0.25, 0.3) is 0 Å². The smallest absolute Gasteiger partial charge is 0.242 e. The summed E-state index contributed by atoms with van der Waals surface area (Å²) < 4.78 is 10.7. The van der Waals surface area contributed by atoms with Gasteiger partial charge in [0, 0.05) is 26.1 Å². The number of benzene rings is 1. The standard InChI is InChI=1S/C24H32N2O4/c1-29-16-14-25(24(28)21-11-6-3-7-12-21)19-23(27)26(18-22-13-8-15-30-22)17-20-9-4-2-5-10-20/h2,4-5,8-10,13,15,21H,3,6-7,11-12,14,16-19H2,1H3. The summed E-state index contributed by atoms with van der Waals surface area (Å²) in [6.07, 6.45) is 6.79. The molecule has 1 saturated carbocycles. The van der Waals surface area contributed by atoms with Gasteiger partial charge in [-0.05, 0) is 30.5 Å². The third kappa shape index (κ3) is 6.46. The summed E-state index contributed by atoms with van der Waals surface area (Å²) in [7, 11) is 1.61. The zero-order valence-electron chi connectivity index (χ0n) is 17.8. The quantitative estimate of drug-likeness (QED) is 0.594. The van der Waals surface area contributed by atoms with Gasteiger partial charge in [0.1, 0.15) is 5.76 Å².